The molecular formula is C21H48P4. The molecule has 0 fully saturated rings. The Morgan fingerprint density at radius 2 is 0.600 bits per heavy atom. The highest BCUT2D eigenvalue weighted by Crippen LogP contribution is 2.80. The van der Waals surface area contributed by atoms with Gasteiger partial charge in [-0.3, -0.25) is 0 Å². The van der Waals surface area contributed by atoms with E-state index < -0.39 is 0 Å². The van der Waals surface area contributed by atoms with Crippen molar-refractivity contribution < 1.29 is 0 Å². The Morgan fingerprint density at radius 3 is 0.720 bits per heavy atom. The number of hydrogen-bond donors (Lipinski definition) is 0. The molecule has 152 valence electrons. The maximum atomic E-state index is 3.45. The van der Waals surface area contributed by atoms with Crippen LogP contribution in [0.2, 0.25) is 0 Å². The molecule has 0 aromatic heterocycles. The van der Waals surface area contributed by atoms with Gasteiger partial charge in [-0.2, -0.15) is 0 Å². The zero-order chi connectivity index (χ0) is 19.6. The maximum absolute atomic E-state index is 3.45. The minimum absolute atomic E-state index is 0.144. The molecule has 0 aromatic rings. The van der Waals surface area contributed by atoms with Crippen LogP contribution in [0.5, 0.6) is 0 Å². The van der Waals surface area contributed by atoms with E-state index in [1.165, 1.54) is 77.0 Å². The van der Waals surface area contributed by atoms with E-state index in [4.69, 9.17) is 0 Å². The highest BCUT2D eigenvalue weighted by molar-refractivity contribution is 7.78. The lowest BCUT2D eigenvalue weighted by Gasteiger charge is -2.57. The van der Waals surface area contributed by atoms with Gasteiger partial charge in [0.2, 0.25) is 0 Å². The van der Waals surface area contributed by atoms with E-state index in [9.17, 15) is 0 Å². The van der Waals surface area contributed by atoms with E-state index in [1.807, 2.05) is 0 Å². The van der Waals surface area contributed by atoms with Crippen molar-refractivity contribution in [3.8, 4) is 0 Å². The van der Waals surface area contributed by atoms with Crippen LogP contribution in [0.25, 0.3) is 0 Å². The minimum Gasteiger partial charge on any atom is -0.126 e. The summed E-state index contributed by atoms with van der Waals surface area (Å²) in [7, 11) is 10.2. The summed E-state index contributed by atoms with van der Waals surface area (Å²) in [5, 5.41) is 0. The molecule has 0 aromatic carbocycles. The van der Waals surface area contributed by atoms with E-state index in [0.717, 1.165) is 0 Å². The Bertz CT molecular complexity index is 272. The Morgan fingerprint density at radius 1 is 0.440 bits per heavy atom. The molecule has 0 heterocycles. The highest BCUT2D eigenvalue weighted by atomic mass is 31.2. The molecule has 0 radical (unpaired) electrons. The lowest BCUT2D eigenvalue weighted by atomic mass is 10.1. The van der Waals surface area contributed by atoms with E-state index in [2.05, 4.69) is 69.3 Å². The SMILES string of the molecule is CCCC(P)(CCC)P(C(P)(CCC)CCC)C(P)(CCC)CCC. The van der Waals surface area contributed by atoms with E-state index >= 15 is 0 Å². The van der Waals surface area contributed by atoms with Gasteiger partial charge in [-0.1, -0.05) is 88.0 Å². The minimum atomic E-state index is -0.144. The summed E-state index contributed by atoms with van der Waals surface area (Å²) in [6.45, 7) is 14.3. The highest BCUT2D eigenvalue weighted by Gasteiger charge is 2.52. The zero-order valence-electron chi connectivity index (χ0n) is 18.2. The monoisotopic (exact) mass is 424 g/mol. The van der Waals surface area contributed by atoms with Crippen molar-refractivity contribution in [2.45, 2.75) is 133 Å². The maximum Gasteiger partial charge on any atom is 0.00652 e. The molecule has 3 atom stereocenters. The average Bonchev–Trinajstić information content (AvgIpc) is 2.48. The molecule has 0 nitrogen and oxygen atoms in total. The van der Waals surface area contributed by atoms with Crippen LogP contribution in [0.3, 0.4) is 0 Å². The van der Waals surface area contributed by atoms with Gasteiger partial charge in [0.05, 0.1) is 0 Å². The first-order chi connectivity index (χ1) is 11.7. The third-order valence-electron chi connectivity index (χ3n) is 5.43. The summed E-state index contributed by atoms with van der Waals surface area (Å²) in [4.78, 5) is 1.28. The summed E-state index contributed by atoms with van der Waals surface area (Å²) < 4.78 is 0. The first kappa shape index (κ1) is 26.7. The largest absolute Gasteiger partial charge is 0.126 e. The molecule has 0 aliphatic heterocycles. The predicted octanol–water partition coefficient (Wildman–Crippen LogP) is 8.98. The molecule has 0 amide bonds. The van der Waals surface area contributed by atoms with Crippen molar-refractivity contribution >= 4 is 35.6 Å². The van der Waals surface area contributed by atoms with Crippen molar-refractivity contribution in [1.29, 1.82) is 0 Å². The fraction of sp³-hybridized carbons (Fsp3) is 1.00. The molecule has 25 heavy (non-hydrogen) atoms. The van der Waals surface area contributed by atoms with Crippen molar-refractivity contribution in [2.24, 2.45) is 0 Å². The molecule has 0 saturated heterocycles. The normalized spacial score (nSPS) is 13.7. The molecule has 3 unspecified atom stereocenters. The molecule has 0 spiro atoms. The van der Waals surface area contributed by atoms with E-state index in [-0.39, 0.29) is 7.92 Å². The number of rotatable bonds is 15. The molecular weight excluding hydrogens is 376 g/mol. The number of hydrogen-bond acceptors (Lipinski definition) is 0. The van der Waals surface area contributed by atoms with Gasteiger partial charge in [0.25, 0.3) is 0 Å². The quantitative estimate of drug-likeness (QED) is 0.230. The third kappa shape index (κ3) is 7.57. The van der Waals surface area contributed by atoms with E-state index in [1.54, 1.807) is 0 Å². The van der Waals surface area contributed by atoms with Crippen LogP contribution in [0.1, 0.15) is 119 Å². The Kier molecular flexibility index (Phi) is 13.9. The van der Waals surface area contributed by atoms with Crippen LogP contribution in [0.15, 0.2) is 0 Å². The zero-order valence-corrected chi connectivity index (χ0v) is 22.5. The second-order valence-corrected chi connectivity index (χ2v) is 16.3. The van der Waals surface area contributed by atoms with Crippen LogP contribution in [0, 0.1) is 0 Å². The Labute approximate surface area is 169 Å². The van der Waals surface area contributed by atoms with Gasteiger partial charge >= 0.3 is 0 Å². The van der Waals surface area contributed by atoms with Crippen molar-refractivity contribution in [3.63, 3.8) is 0 Å². The molecule has 0 aliphatic rings. The first-order valence-electron chi connectivity index (χ1n) is 10.9. The van der Waals surface area contributed by atoms with Gasteiger partial charge in [-0.05, 0) is 38.5 Å². The molecule has 0 aliphatic carbocycles. The average molecular weight is 425 g/mol. The lowest BCUT2D eigenvalue weighted by molar-refractivity contribution is 0.540. The molecule has 4 heteroatoms. The first-order valence-corrected chi connectivity index (χ1v) is 14.0. The molecule has 0 saturated carbocycles. The van der Waals surface area contributed by atoms with Crippen LogP contribution < -0.4 is 0 Å². The Balaban J connectivity index is 6.32. The fourth-order valence-electron chi connectivity index (χ4n) is 4.97. The summed E-state index contributed by atoms with van der Waals surface area (Å²) in [6, 6.07) is 0. The topological polar surface area (TPSA) is 0 Å². The van der Waals surface area contributed by atoms with Crippen LogP contribution in [-0.4, -0.2) is 14.7 Å². The molecule has 0 rings (SSSR count). The smallest absolute Gasteiger partial charge is 0.00652 e. The predicted molar refractivity (Wildman–Crippen MR) is 134 cm³/mol. The summed E-state index contributed by atoms with van der Waals surface area (Å²) in [5.41, 5.74) is 0. The van der Waals surface area contributed by atoms with Crippen molar-refractivity contribution in [2.75, 3.05) is 0 Å². The second kappa shape index (κ2) is 13.0. The third-order valence-corrected chi connectivity index (χ3v) is 13.5. The van der Waals surface area contributed by atoms with Gasteiger partial charge < -0.3 is 0 Å². The van der Waals surface area contributed by atoms with Crippen LogP contribution in [-0.2, 0) is 0 Å². The van der Waals surface area contributed by atoms with Gasteiger partial charge in [0, 0.05) is 14.7 Å². The summed E-state index contributed by atoms with van der Waals surface area (Å²) >= 11 is 0. The lowest BCUT2D eigenvalue weighted by Crippen LogP contribution is -2.40. The second-order valence-electron chi connectivity index (χ2n) is 8.15. The standard InChI is InChI=1S/C21H48P4/c1-7-13-19(22,14-8-2)25(20(23,15-9-3)16-10-4)21(24,17-11-5)18-12-6/h7-18,22-24H2,1-6H3. The van der Waals surface area contributed by atoms with Crippen LogP contribution in [0.4, 0.5) is 0 Å². The Hall–Kier alpha value is 1.72. The van der Waals surface area contributed by atoms with Crippen molar-refractivity contribution in [1.82, 2.24) is 0 Å². The molecule has 0 bridgehead atoms. The van der Waals surface area contributed by atoms with Gasteiger partial charge in [-0.15, -0.1) is 27.7 Å². The summed E-state index contributed by atoms with van der Waals surface area (Å²) in [6.07, 6.45) is 16.0. The van der Waals surface area contributed by atoms with Gasteiger partial charge in [0.1, 0.15) is 0 Å². The fourth-order valence-corrected chi connectivity index (χ4v) is 18.0. The van der Waals surface area contributed by atoms with Gasteiger partial charge in [-0.25, -0.2) is 0 Å². The van der Waals surface area contributed by atoms with Gasteiger partial charge in [0.15, 0.2) is 0 Å². The molecule has 0 N–H and O–H groups in total. The van der Waals surface area contributed by atoms with Crippen LogP contribution >= 0.6 is 35.6 Å². The van der Waals surface area contributed by atoms with E-state index in [0.29, 0.717) is 14.7 Å². The van der Waals surface area contributed by atoms with Crippen molar-refractivity contribution in [3.05, 3.63) is 0 Å². The summed E-state index contributed by atoms with van der Waals surface area (Å²) in [5.74, 6) is 0.